The molecule has 1 aliphatic rings. The summed E-state index contributed by atoms with van der Waals surface area (Å²) < 4.78 is 25.9. The molecule has 0 spiro atoms. The number of halogens is 2. The van der Waals surface area contributed by atoms with E-state index in [0.29, 0.717) is 11.3 Å². The van der Waals surface area contributed by atoms with Gasteiger partial charge in [0.1, 0.15) is 17.7 Å². The zero-order valence-corrected chi connectivity index (χ0v) is 16.5. The van der Waals surface area contributed by atoms with Crippen molar-refractivity contribution in [2.24, 2.45) is 5.92 Å². The summed E-state index contributed by atoms with van der Waals surface area (Å²) in [7, 11) is 0. The van der Waals surface area contributed by atoms with E-state index in [-0.39, 0.29) is 31.8 Å². The minimum Gasteiger partial charge on any atom is -0.347 e. The van der Waals surface area contributed by atoms with Crippen LogP contribution in [-0.2, 0) is 20.8 Å². The Hall–Kier alpha value is -3.80. The fourth-order valence-corrected chi connectivity index (χ4v) is 3.33. The Labute approximate surface area is 177 Å². The highest BCUT2D eigenvalue weighted by molar-refractivity contribution is 5.94. The van der Waals surface area contributed by atoms with Crippen molar-refractivity contribution in [1.82, 2.24) is 10.2 Å². The molecular formula is C22H20F2N4O3. The van der Waals surface area contributed by atoms with Gasteiger partial charge in [-0.25, -0.2) is 8.78 Å². The minimum atomic E-state index is -0.787. The summed E-state index contributed by atoms with van der Waals surface area (Å²) in [4.78, 5) is 38.3. The monoisotopic (exact) mass is 426 g/mol. The third kappa shape index (κ3) is 5.85. The van der Waals surface area contributed by atoms with Gasteiger partial charge in [0, 0.05) is 12.2 Å². The van der Waals surface area contributed by atoms with Gasteiger partial charge in [0.2, 0.25) is 17.7 Å². The number of hydrogen-bond acceptors (Lipinski definition) is 4. The Balaban J connectivity index is 1.52. The number of nitrogens with one attached hydrogen (secondary N) is 2. The highest BCUT2D eigenvalue weighted by Crippen LogP contribution is 2.24. The molecule has 2 N–H and O–H groups in total. The lowest BCUT2D eigenvalue weighted by Gasteiger charge is -2.20. The minimum absolute atomic E-state index is 0.0159. The Morgan fingerprint density at radius 2 is 1.65 bits per heavy atom. The van der Waals surface area contributed by atoms with Gasteiger partial charge < -0.3 is 15.5 Å². The SMILES string of the molecule is N#CC1CC(C(=O)Nc2ccc(F)cc2)CN1C(=O)CNC(=O)Cc1ccc(F)cc1. The van der Waals surface area contributed by atoms with Crippen LogP contribution in [0.2, 0.25) is 0 Å². The fourth-order valence-electron chi connectivity index (χ4n) is 3.33. The van der Waals surface area contributed by atoms with Crippen LogP contribution in [0, 0.1) is 28.9 Å². The lowest BCUT2D eigenvalue weighted by atomic mass is 10.1. The fraction of sp³-hybridized carbons (Fsp3) is 0.273. The van der Waals surface area contributed by atoms with Gasteiger partial charge in [0.05, 0.1) is 25.0 Å². The molecule has 0 saturated carbocycles. The van der Waals surface area contributed by atoms with E-state index in [1.165, 1.54) is 53.4 Å². The van der Waals surface area contributed by atoms with Crippen LogP contribution in [0.25, 0.3) is 0 Å². The Morgan fingerprint density at radius 1 is 1.03 bits per heavy atom. The number of carbonyl (C=O) groups excluding carboxylic acids is 3. The summed E-state index contributed by atoms with van der Waals surface area (Å²) in [6.45, 7) is -0.275. The molecule has 0 bridgehead atoms. The van der Waals surface area contributed by atoms with E-state index in [4.69, 9.17) is 0 Å². The van der Waals surface area contributed by atoms with Gasteiger partial charge in [-0.1, -0.05) is 12.1 Å². The van der Waals surface area contributed by atoms with Crippen LogP contribution >= 0.6 is 0 Å². The number of rotatable bonds is 6. The maximum absolute atomic E-state index is 13.0. The average Bonchev–Trinajstić information content (AvgIpc) is 3.20. The van der Waals surface area contributed by atoms with Crippen LogP contribution in [0.15, 0.2) is 48.5 Å². The number of carbonyl (C=O) groups is 3. The normalized spacial score (nSPS) is 17.6. The second-order valence-electron chi connectivity index (χ2n) is 7.20. The van der Waals surface area contributed by atoms with E-state index in [1.807, 2.05) is 6.07 Å². The first-order chi connectivity index (χ1) is 14.9. The smallest absolute Gasteiger partial charge is 0.243 e. The van der Waals surface area contributed by atoms with Crippen LogP contribution in [0.3, 0.4) is 0 Å². The zero-order valence-electron chi connectivity index (χ0n) is 16.5. The van der Waals surface area contributed by atoms with Gasteiger partial charge in [-0.05, 0) is 48.4 Å². The Bertz CT molecular complexity index is 1000. The van der Waals surface area contributed by atoms with Gasteiger partial charge in [0.15, 0.2) is 0 Å². The third-order valence-corrected chi connectivity index (χ3v) is 4.97. The van der Waals surface area contributed by atoms with Crippen LogP contribution in [0.4, 0.5) is 14.5 Å². The molecule has 1 saturated heterocycles. The summed E-state index contributed by atoms with van der Waals surface area (Å²) in [5.41, 5.74) is 1.01. The average molecular weight is 426 g/mol. The topological polar surface area (TPSA) is 102 Å². The molecule has 1 fully saturated rings. The van der Waals surface area contributed by atoms with Crippen molar-refractivity contribution in [1.29, 1.82) is 5.26 Å². The molecule has 3 rings (SSSR count). The van der Waals surface area contributed by atoms with Crippen molar-refractivity contribution < 1.29 is 23.2 Å². The molecule has 0 aliphatic carbocycles. The van der Waals surface area contributed by atoms with Crippen LogP contribution < -0.4 is 10.6 Å². The molecular weight excluding hydrogens is 406 g/mol. The molecule has 0 radical (unpaired) electrons. The summed E-state index contributed by atoms with van der Waals surface area (Å²) in [5, 5.41) is 14.5. The first kappa shape index (κ1) is 21.9. The molecule has 2 atom stereocenters. The number of benzene rings is 2. The lowest BCUT2D eigenvalue weighted by Crippen LogP contribution is -2.43. The van der Waals surface area contributed by atoms with Crippen molar-refractivity contribution in [3.05, 3.63) is 65.7 Å². The molecule has 2 aromatic carbocycles. The lowest BCUT2D eigenvalue weighted by molar-refractivity contribution is -0.133. The summed E-state index contributed by atoms with van der Waals surface area (Å²) in [6, 6.07) is 11.9. The van der Waals surface area contributed by atoms with Crippen LogP contribution in [0.1, 0.15) is 12.0 Å². The predicted octanol–water partition coefficient (Wildman–Crippen LogP) is 2.00. The Morgan fingerprint density at radius 3 is 2.26 bits per heavy atom. The van der Waals surface area contributed by atoms with Gasteiger partial charge in [-0.3, -0.25) is 14.4 Å². The van der Waals surface area contributed by atoms with Crippen LogP contribution in [-0.4, -0.2) is 41.8 Å². The molecule has 160 valence electrons. The molecule has 1 heterocycles. The molecule has 9 heteroatoms. The van der Waals surface area contributed by atoms with Crippen molar-refractivity contribution in [2.75, 3.05) is 18.4 Å². The molecule has 31 heavy (non-hydrogen) atoms. The van der Waals surface area contributed by atoms with Crippen molar-refractivity contribution in [2.45, 2.75) is 18.9 Å². The largest absolute Gasteiger partial charge is 0.347 e. The summed E-state index contributed by atoms with van der Waals surface area (Å²) in [6.07, 6.45) is 0.150. The van der Waals surface area contributed by atoms with Crippen molar-refractivity contribution >= 4 is 23.4 Å². The first-order valence-corrected chi connectivity index (χ1v) is 9.62. The van der Waals surface area contributed by atoms with Gasteiger partial charge in [-0.2, -0.15) is 5.26 Å². The van der Waals surface area contributed by atoms with Crippen molar-refractivity contribution in [3.8, 4) is 6.07 Å². The highest BCUT2D eigenvalue weighted by Gasteiger charge is 2.38. The standard InChI is InChI=1S/C22H20F2N4O3/c23-16-3-1-14(2-4-16)9-20(29)26-12-21(30)28-13-15(10-19(28)11-25)22(31)27-18-7-5-17(24)6-8-18/h1-8,15,19H,9-10,12-13H2,(H,26,29)(H,27,31). The van der Waals surface area contributed by atoms with E-state index in [0.717, 1.165) is 0 Å². The van der Waals surface area contributed by atoms with Gasteiger partial charge >= 0.3 is 0 Å². The molecule has 1 aliphatic heterocycles. The van der Waals surface area contributed by atoms with E-state index in [1.54, 1.807) is 0 Å². The molecule has 2 aromatic rings. The Kier molecular flexibility index (Phi) is 6.92. The number of nitrogens with zero attached hydrogens (tertiary/aromatic N) is 2. The first-order valence-electron chi connectivity index (χ1n) is 9.62. The maximum atomic E-state index is 13.0. The number of hydrogen-bond donors (Lipinski definition) is 2. The zero-order chi connectivity index (χ0) is 22.4. The van der Waals surface area contributed by atoms with Gasteiger partial charge in [-0.15, -0.1) is 0 Å². The van der Waals surface area contributed by atoms with E-state index in [2.05, 4.69) is 10.6 Å². The molecule has 2 unspecified atom stereocenters. The second kappa shape index (κ2) is 9.80. The number of amides is 3. The highest BCUT2D eigenvalue weighted by atomic mass is 19.1. The number of likely N-dealkylation sites (tertiary alicyclic amines) is 1. The summed E-state index contributed by atoms with van der Waals surface area (Å²) >= 11 is 0. The molecule has 3 amide bonds. The molecule has 7 nitrogen and oxygen atoms in total. The van der Waals surface area contributed by atoms with Gasteiger partial charge in [0.25, 0.3) is 0 Å². The molecule has 0 aromatic heterocycles. The maximum Gasteiger partial charge on any atom is 0.243 e. The quantitative estimate of drug-likeness (QED) is 0.738. The number of anilines is 1. The number of nitriles is 1. The van der Waals surface area contributed by atoms with E-state index >= 15 is 0 Å². The third-order valence-electron chi connectivity index (χ3n) is 4.97. The van der Waals surface area contributed by atoms with Crippen LogP contribution in [0.5, 0.6) is 0 Å². The summed E-state index contributed by atoms with van der Waals surface area (Å²) in [5.74, 6) is -2.71. The second-order valence-corrected chi connectivity index (χ2v) is 7.20. The predicted molar refractivity (Wildman–Crippen MR) is 107 cm³/mol. The van der Waals surface area contributed by atoms with E-state index in [9.17, 15) is 28.4 Å². The van der Waals surface area contributed by atoms with Crippen molar-refractivity contribution in [3.63, 3.8) is 0 Å². The van der Waals surface area contributed by atoms with E-state index < -0.39 is 35.4 Å².